The minimum Gasteiger partial charge on any atom is -0.497 e. The van der Waals surface area contributed by atoms with Gasteiger partial charge in [0.2, 0.25) is 5.91 Å². The number of hydrogen-bond acceptors (Lipinski definition) is 5. The van der Waals surface area contributed by atoms with E-state index in [0.29, 0.717) is 29.3 Å². The molecule has 0 spiro atoms. The molecule has 2 N–H and O–H groups in total. The first-order valence-corrected chi connectivity index (χ1v) is 14.1. The summed E-state index contributed by atoms with van der Waals surface area (Å²) in [6.07, 6.45) is 0. The van der Waals surface area contributed by atoms with Gasteiger partial charge in [-0.2, -0.15) is 0 Å². The fourth-order valence-corrected chi connectivity index (χ4v) is 5.89. The van der Waals surface area contributed by atoms with Crippen molar-refractivity contribution >= 4 is 40.6 Å². The summed E-state index contributed by atoms with van der Waals surface area (Å²) in [6.45, 7) is 12.6. The van der Waals surface area contributed by atoms with E-state index in [1.807, 2.05) is 55.5 Å². The molecule has 0 radical (unpaired) electrons. The van der Waals surface area contributed by atoms with Gasteiger partial charge in [0.1, 0.15) is 16.2 Å². The summed E-state index contributed by atoms with van der Waals surface area (Å²) in [5, 5.41) is 5.83. The standard InChI is InChI=1S/C31H38N4O4S/c1-19-9-12-21(17-23(19)20-10-13-22(39-8)14-11-20)32-29(38)33-24-18-25(30(2,3)4)40-26(24)27(36)35-16-15-34(7)28(37)31(35,5)6/h9-14,17-18H,15-16H2,1-8H3,(H2,32,33,38). The van der Waals surface area contributed by atoms with Crippen LogP contribution in [0.5, 0.6) is 5.75 Å². The molecule has 4 amide bonds. The highest BCUT2D eigenvalue weighted by atomic mass is 32.1. The van der Waals surface area contributed by atoms with Crippen molar-refractivity contribution in [2.24, 2.45) is 0 Å². The Morgan fingerprint density at radius 3 is 2.30 bits per heavy atom. The number of rotatable bonds is 5. The molecule has 1 aliphatic rings. The Labute approximate surface area is 240 Å². The number of methoxy groups -OCH3 is 1. The minimum absolute atomic E-state index is 0.112. The summed E-state index contributed by atoms with van der Waals surface area (Å²) in [5.74, 6) is 0.397. The SMILES string of the molecule is COc1ccc(-c2cc(NC(=O)Nc3cc(C(C)(C)C)sc3C(=O)N3CCN(C)C(=O)C3(C)C)ccc2C)cc1. The lowest BCUT2D eigenvalue weighted by molar-refractivity contribution is -0.144. The number of urea groups is 1. The molecule has 1 saturated heterocycles. The second-order valence-corrected chi connectivity index (χ2v) is 12.7. The Morgan fingerprint density at radius 2 is 1.68 bits per heavy atom. The van der Waals surface area contributed by atoms with E-state index in [4.69, 9.17) is 4.74 Å². The zero-order valence-electron chi connectivity index (χ0n) is 24.5. The van der Waals surface area contributed by atoms with Gasteiger partial charge in [-0.1, -0.05) is 39.0 Å². The molecular weight excluding hydrogens is 524 g/mol. The number of thiophene rings is 1. The maximum atomic E-state index is 13.8. The number of piperazine rings is 1. The van der Waals surface area contributed by atoms with Gasteiger partial charge >= 0.3 is 6.03 Å². The van der Waals surface area contributed by atoms with Gasteiger partial charge in [-0.05, 0) is 73.2 Å². The van der Waals surface area contributed by atoms with E-state index in [2.05, 4.69) is 31.4 Å². The molecule has 3 aromatic rings. The molecule has 1 aromatic heterocycles. The van der Waals surface area contributed by atoms with Crippen LogP contribution in [0.1, 0.15) is 54.7 Å². The highest BCUT2D eigenvalue weighted by Gasteiger charge is 2.44. The summed E-state index contributed by atoms with van der Waals surface area (Å²) in [6, 6.07) is 14.9. The van der Waals surface area contributed by atoms with Crippen LogP contribution in [0.3, 0.4) is 0 Å². The number of nitrogens with one attached hydrogen (secondary N) is 2. The summed E-state index contributed by atoms with van der Waals surface area (Å²) in [7, 11) is 3.38. The van der Waals surface area contributed by atoms with Crippen LogP contribution in [0.15, 0.2) is 48.5 Å². The molecule has 1 aliphatic heterocycles. The van der Waals surface area contributed by atoms with E-state index in [-0.39, 0.29) is 17.2 Å². The minimum atomic E-state index is -0.991. The van der Waals surface area contributed by atoms with Gasteiger partial charge in [0.05, 0.1) is 12.8 Å². The third-order valence-electron chi connectivity index (χ3n) is 7.26. The molecule has 0 saturated carbocycles. The number of anilines is 2. The quantitative estimate of drug-likeness (QED) is 0.378. The summed E-state index contributed by atoms with van der Waals surface area (Å²) in [4.78, 5) is 44.5. The Hall–Kier alpha value is -3.85. The van der Waals surface area contributed by atoms with Crippen LogP contribution >= 0.6 is 11.3 Å². The number of benzene rings is 2. The number of carbonyl (C=O) groups is 3. The Bertz CT molecular complexity index is 1440. The zero-order chi connectivity index (χ0) is 29.4. The lowest BCUT2D eigenvalue weighted by Crippen LogP contribution is -2.63. The first-order valence-electron chi connectivity index (χ1n) is 13.3. The van der Waals surface area contributed by atoms with Crippen LogP contribution in [-0.4, -0.2) is 60.4 Å². The number of hydrogen-bond donors (Lipinski definition) is 2. The summed E-state index contributed by atoms with van der Waals surface area (Å²) < 4.78 is 5.27. The average Bonchev–Trinajstić information content (AvgIpc) is 3.32. The first kappa shape index (κ1) is 29.1. The first-order chi connectivity index (χ1) is 18.7. The van der Waals surface area contributed by atoms with Gasteiger partial charge in [0, 0.05) is 30.7 Å². The molecule has 2 heterocycles. The van der Waals surface area contributed by atoms with E-state index in [1.54, 1.807) is 37.8 Å². The topological polar surface area (TPSA) is 91.0 Å². The van der Waals surface area contributed by atoms with Crippen molar-refractivity contribution in [1.29, 1.82) is 0 Å². The van der Waals surface area contributed by atoms with Gasteiger partial charge < -0.3 is 25.2 Å². The molecule has 2 aromatic carbocycles. The Balaban J connectivity index is 1.60. The van der Waals surface area contributed by atoms with Crippen LogP contribution in [0.2, 0.25) is 0 Å². The van der Waals surface area contributed by atoms with Crippen molar-refractivity contribution in [3.8, 4) is 16.9 Å². The third kappa shape index (κ3) is 5.84. The molecule has 0 unspecified atom stereocenters. The van der Waals surface area contributed by atoms with Crippen molar-refractivity contribution in [2.75, 3.05) is 37.9 Å². The maximum Gasteiger partial charge on any atom is 0.323 e. The second-order valence-electron chi connectivity index (χ2n) is 11.7. The van der Waals surface area contributed by atoms with Crippen molar-refractivity contribution in [2.45, 2.75) is 52.5 Å². The highest BCUT2D eigenvalue weighted by molar-refractivity contribution is 7.14. The van der Waals surface area contributed by atoms with Crippen LogP contribution in [0.25, 0.3) is 11.1 Å². The molecule has 4 rings (SSSR count). The fraction of sp³-hybridized carbons (Fsp3) is 0.387. The monoisotopic (exact) mass is 562 g/mol. The van der Waals surface area contributed by atoms with Crippen molar-refractivity contribution in [1.82, 2.24) is 9.80 Å². The molecule has 1 fully saturated rings. The van der Waals surface area contributed by atoms with Crippen molar-refractivity contribution in [3.05, 3.63) is 63.8 Å². The van der Waals surface area contributed by atoms with E-state index in [9.17, 15) is 14.4 Å². The van der Waals surface area contributed by atoms with Gasteiger partial charge in [0.15, 0.2) is 0 Å². The molecule has 212 valence electrons. The molecular formula is C31H38N4O4S. The maximum absolute atomic E-state index is 13.8. The normalized spacial score (nSPS) is 15.2. The average molecular weight is 563 g/mol. The van der Waals surface area contributed by atoms with E-state index in [0.717, 1.165) is 27.3 Å². The van der Waals surface area contributed by atoms with E-state index >= 15 is 0 Å². The summed E-state index contributed by atoms with van der Waals surface area (Å²) in [5.41, 5.74) is 2.90. The van der Waals surface area contributed by atoms with Gasteiger partial charge in [-0.15, -0.1) is 11.3 Å². The van der Waals surface area contributed by atoms with Gasteiger partial charge in [0.25, 0.3) is 5.91 Å². The largest absolute Gasteiger partial charge is 0.497 e. The number of ether oxygens (including phenoxy) is 1. The molecule has 0 aliphatic carbocycles. The lowest BCUT2D eigenvalue weighted by Gasteiger charge is -2.44. The number of nitrogens with zero attached hydrogens (tertiary/aromatic N) is 2. The number of aryl methyl sites for hydroxylation is 1. The van der Waals surface area contributed by atoms with Crippen LogP contribution in [0.4, 0.5) is 16.2 Å². The second kappa shape index (κ2) is 11.0. The van der Waals surface area contributed by atoms with Crippen LogP contribution in [0, 0.1) is 6.92 Å². The number of likely N-dealkylation sites (N-methyl/N-ethyl adjacent to an activating group) is 1. The lowest BCUT2D eigenvalue weighted by atomic mass is 9.94. The zero-order valence-corrected chi connectivity index (χ0v) is 25.3. The highest BCUT2D eigenvalue weighted by Crippen LogP contribution is 2.38. The predicted octanol–water partition coefficient (Wildman–Crippen LogP) is 6.37. The smallest absolute Gasteiger partial charge is 0.323 e. The molecule has 8 nitrogen and oxygen atoms in total. The number of amides is 4. The molecule has 9 heteroatoms. The van der Waals surface area contributed by atoms with Gasteiger partial charge in [-0.3, -0.25) is 9.59 Å². The molecule has 0 atom stereocenters. The Kier molecular flexibility index (Phi) is 7.99. The van der Waals surface area contributed by atoms with Crippen molar-refractivity contribution < 1.29 is 19.1 Å². The van der Waals surface area contributed by atoms with E-state index < -0.39 is 11.6 Å². The van der Waals surface area contributed by atoms with Gasteiger partial charge in [-0.25, -0.2) is 4.79 Å². The van der Waals surface area contributed by atoms with Crippen LogP contribution in [-0.2, 0) is 10.2 Å². The van der Waals surface area contributed by atoms with Crippen LogP contribution < -0.4 is 15.4 Å². The third-order valence-corrected chi connectivity index (χ3v) is 8.81. The fourth-order valence-electron chi connectivity index (χ4n) is 4.77. The predicted molar refractivity (Wildman–Crippen MR) is 162 cm³/mol. The van der Waals surface area contributed by atoms with Crippen molar-refractivity contribution in [3.63, 3.8) is 0 Å². The molecule has 40 heavy (non-hydrogen) atoms. The number of carbonyl (C=O) groups excluding carboxylic acids is 3. The van der Waals surface area contributed by atoms with E-state index in [1.165, 1.54) is 11.3 Å². The molecule has 0 bridgehead atoms. The Morgan fingerprint density at radius 1 is 1.00 bits per heavy atom. The summed E-state index contributed by atoms with van der Waals surface area (Å²) >= 11 is 1.36.